The van der Waals surface area contributed by atoms with E-state index in [0.717, 1.165) is 18.1 Å². The molecule has 0 aromatic heterocycles. The van der Waals surface area contributed by atoms with Crippen molar-refractivity contribution in [2.45, 2.75) is 58.6 Å². The number of carbonyl (C=O) groups is 1. The molecule has 0 fully saturated rings. The number of carbonyl (C=O) groups excluding carboxylic acids is 1. The number of methoxy groups -OCH3 is 1. The van der Waals surface area contributed by atoms with Crippen LogP contribution in [0.15, 0.2) is 0 Å². The number of esters is 1. The van der Waals surface area contributed by atoms with Gasteiger partial charge in [-0.3, -0.25) is 4.57 Å². The lowest BCUT2D eigenvalue weighted by atomic mass is 10.7. The third-order valence-electron chi connectivity index (χ3n) is 3.60. The minimum absolute atomic E-state index is 0.174. The highest BCUT2D eigenvalue weighted by Crippen LogP contribution is 2.55. The van der Waals surface area contributed by atoms with Crippen molar-refractivity contribution < 1.29 is 27.6 Å². The Labute approximate surface area is 129 Å². The number of ether oxygens (including phenoxy) is 1. The Balaban J connectivity index is 5.55. The van der Waals surface area contributed by atoms with Gasteiger partial charge in [0, 0.05) is 0 Å². The van der Waals surface area contributed by atoms with Gasteiger partial charge in [0.2, 0.25) is 5.85 Å². The monoisotopic (exact) mass is 340 g/mol. The molecule has 1 unspecified atom stereocenters. The predicted octanol–water partition coefficient (Wildman–Crippen LogP) is 3.77. The Morgan fingerprint density at radius 3 is 1.71 bits per heavy atom. The topological polar surface area (TPSA) is 71.1 Å². The molecule has 0 bridgehead atoms. The van der Waals surface area contributed by atoms with Crippen molar-refractivity contribution in [2.75, 3.05) is 20.3 Å². The molecule has 0 N–H and O–H groups in total. The summed E-state index contributed by atoms with van der Waals surface area (Å²) in [6.45, 7) is 9.83. The fraction of sp³-hybridized carbons (Fsp3) is 0.923. The van der Waals surface area contributed by atoms with E-state index in [1.807, 2.05) is 20.8 Å². The highest BCUT2D eigenvalue weighted by atomic mass is 31.2. The fourth-order valence-corrected chi connectivity index (χ4v) is 7.30. The summed E-state index contributed by atoms with van der Waals surface area (Å²) in [5, 5.41) is 0. The zero-order valence-electron chi connectivity index (χ0n) is 14.0. The van der Waals surface area contributed by atoms with Crippen LogP contribution in [-0.2, 0) is 27.6 Å². The van der Waals surface area contributed by atoms with Crippen molar-refractivity contribution in [3.05, 3.63) is 0 Å². The molecule has 0 aliphatic carbocycles. The maximum atomic E-state index is 12.9. The maximum Gasteiger partial charge on any atom is 0.369 e. The molecule has 21 heavy (non-hydrogen) atoms. The van der Waals surface area contributed by atoms with E-state index in [-0.39, 0.29) is 13.2 Å². The van der Waals surface area contributed by atoms with E-state index >= 15 is 0 Å². The molecule has 0 aromatic rings. The third kappa shape index (κ3) is 5.49. The van der Waals surface area contributed by atoms with Crippen LogP contribution in [0.25, 0.3) is 0 Å². The summed E-state index contributed by atoms with van der Waals surface area (Å²) in [6.07, 6.45) is 0. The van der Waals surface area contributed by atoms with Crippen LogP contribution in [0.2, 0.25) is 18.1 Å². The molecule has 0 saturated carbocycles. The fourth-order valence-electron chi connectivity index (χ4n) is 2.11. The lowest BCUT2D eigenvalue weighted by Gasteiger charge is -2.34. The van der Waals surface area contributed by atoms with Gasteiger partial charge in [-0.15, -0.1) is 0 Å². The lowest BCUT2D eigenvalue weighted by Crippen LogP contribution is -2.43. The van der Waals surface area contributed by atoms with Gasteiger partial charge in [0.25, 0.3) is 0 Å². The second-order valence-corrected chi connectivity index (χ2v) is 11.4. The quantitative estimate of drug-likeness (QED) is 0.324. The van der Waals surface area contributed by atoms with Gasteiger partial charge < -0.3 is 18.2 Å². The minimum Gasteiger partial charge on any atom is -0.467 e. The summed E-state index contributed by atoms with van der Waals surface area (Å²) < 4.78 is 34.2. The van der Waals surface area contributed by atoms with Crippen LogP contribution in [0, 0.1) is 0 Å². The third-order valence-corrected chi connectivity index (χ3v) is 10.5. The first kappa shape index (κ1) is 20.8. The van der Waals surface area contributed by atoms with E-state index < -0.39 is 27.7 Å². The summed E-state index contributed by atoms with van der Waals surface area (Å²) in [5.41, 5.74) is 0. The van der Waals surface area contributed by atoms with Crippen LogP contribution < -0.4 is 0 Å². The summed E-state index contributed by atoms with van der Waals surface area (Å²) in [5.74, 6) is -2.00. The van der Waals surface area contributed by atoms with Crippen molar-refractivity contribution in [2.24, 2.45) is 0 Å². The van der Waals surface area contributed by atoms with Gasteiger partial charge in [-0.1, -0.05) is 20.8 Å². The van der Waals surface area contributed by atoms with Gasteiger partial charge in [0.1, 0.15) is 0 Å². The molecule has 1 atom stereocenters. The normalized spacial score (nSPS) is 14.0. The van der Waals surface area contributed by atoms with Gasteiger partial charge in [-0.25, -0.2) is 4.79 Å². The summed E-state index contributed by atoms with van der Waals surface area (Å²) >= 11 is 0. The lowest BCUT2D eigenvalue weighted by molar-refractivity contribution is -0.146. The molecule has 8 heteroatoms. The van der Waals surface area contributed by atoms with E-state index in [1.54, 1.807) is 13.8 Å². The molecule has 0 rings (SSSR count). The van der Waals surface area contributed by atoms with Crippen molar-refractivity contribution >= 4 is 21.9 Å². The molecule has 0 aliphatic heterocycles. The van der Waals surface area contributed by atoms with Crippen molar-refractivity contribution in [1.29, 1.82) is 0 Å². The van der Waals surface area contributed by atoms with Crippen molar-refractivity contribution in [1.82, 2.24) is 0 Å². The second-order valence-electron chi connectivity index (χ2n) is 4.61. The van der Waals surface area contributed by atoms with Crippen LogP contribution in [0.1, 0.15) is 34.6 Å². The molecule has 0 heterocycles. The smallest absolute Gasteiger partial charge is 0.369 e. The standard InChI is InChI=1S/C13H29O6PSi/c1-7-17-20(15,18-8-2)13(12(14)16-6)19-21(9-3,10-4)11-5/h13H,7-11H2,1-6H3. The Morgan fingerprint density at radius 1 is 1.00 bits per heavy atom. The van der Waals surface area contributed by atoms with Crippen LogP contribution in [-0.4, -0.2) is 40.5 Å². The molecule has 126 valence electrons. The largest absolute Gasteiger partial charge is 0.467 e. The first-order chi connectivity index (χ1) is 9.88. The van der Waals surface area contributed by atoms with E-state index in [4.69, 9.17) is 18.2 Å². The van der Waals surface area contributed by atoms with Gasteiger partial charge in [-0.2, -0.15) is 0 Å². The number of rotatable bonds is 11. The van der Waals surface area contributed by atoms with E-state index in [9.17, 15) is 9.36 Å². The first-order valence-corrected chi connectivity index (χ1v) is 11.7. The average molecular weight is 340 g/mol. The molecule has 6 nitrogen and oxygen atoms in total. The van der Waals surface area contributed by atoms with Gasteiger partial charge in [0.15, 0.2) is 8.32 Å². The number of hydrogen-bond donors (Lipinski definition) is 0. The number of hydrogen-bond acceptors (Lipinski definition) is 6. The zero-order valence-corrected chi connectivity index (χ0v) is 15.9. The molecular formula is C13H29O6PSi. The highest BCUT2D eigenvalue weighted by Gasteiger charge is 2.47. The Hall–Kier alpha value is -0.203. The summed E-state index contributed by atoms with van der Waals surface area (Å²) in [6, 6.07) is 2.48. The summed E-state index contributed by atoms with van der Waals surface area (Å²) in [4.78, 5) is 12.1. The van der Waals surface area contributed by atoms with Crippen LogP contribution in [0.3, 0.4) is 0 Å². The molecule has 0 aliphatic rings. The summed E-state index contributed by atoms with van der Waals surface area (Å²) in [7, 11) is -4.62. The van der Waals surface area contributed by atoms with Crippen LogP contribution in [0.5, 0.6) is 0 Å². The molecule has 0 saturated heterocycles. The van der Waals surface area contributed by atoms with E-state index in [0.29, 0.717) is 0 Å². The SMILES string of the molecule is CCOP(=O)(OCC)C(O[Si](CC)(CC)CC)C(=O)OC. The van der Waals surface area contributed by atoms with Crippen LogP contribution in [0.4, 0.5) is 0 Å². The predicted molar refractivity (Wildman–Crippen MR) is 84.9 cm³/mol. The van der Waals surface area contributed by atoms with E-state index in [2.05, 4.69) is 0 Å². The molecule has 0 aromatic carbocycles. The Morgan fingerprint density at radius 2 is 1.43 bits per heavy atom. The van der Waals surface area contributed by atoms with Crippen molar-refractivity contribution in [3.8, 4) is 0 Å². The van der Waals surface area contributed by atoms with Crippen LogP contribution >= 0.6 is 7.60 Å². The Bertz CT molecular complexity index is 340. The van der Waals surface area contributed by atoms with Gasteiger partial charge in [0.05, 0.1) is 20.3 Å². The Kier molecular flexibility index (Phi) is 9.65. The maximum absolute atomic E-state index is 12.9. The van der Waals surface area contributed by atoms with E-state index in [1.165, 1.54) is 7.11 Å². The molecular weight excluding hydrogens is 311 g/mol. The van der Waals surface area contributed by atoms with Gasteiger partial charge >= 0.3 is 13.6 Å². The zero-order chi connectivity index (χ0) is 16.5. The van der Waals surface area contributed by atoms with Crippen molar-refractivity contribution in [3.63, 3.8) is 0 Å². The average Bonchev–Trinajstić information content (AvgIpc) is 2.49. The van der Waals surface area contributed by atoms with Gasteiger partial charge in [-0.05, 0) is 32.0 Å². The minimum atomic E-state index is -3.70. The molecule has 0 radical (unpaired) electrons. The molecule has 0 spiro atoms. The second kappa shape index (κ2) is 9.74. The molecule has 0 amide bonds. The highest BCUT2D eigenvalue weighted by molar-refractivity contribution is 7.55. The first-order valence-electron chi connectivity index (χ1n) is 7.52.